The molecule has 1 fully saturated rings. The Morgan fingerprint density at radius 2 is 2.11 bits per heavy atom. The summed E-state index contributed by atoms with van der Waals surface area (Å²) in [6, 6.07) is 2.60. The van der Waals surface area contributed by atoms with Gasteiger partial charge in [0.25, 0.3) is 0 Å². The van der Waals surface area contributed by atoms with Crippen LogP contribution in [0.5, 0.6) is 0 Å². The van der Waals surface area contributed by atoms with Crippen LogP contribution in [0.3, 0.4) is 0 Å². The number of nitrogens with zero attached hydrogens (tertiary/aromatic N) is 3. The zero-order chi connectivity index (χ0) is 14.2. The highest BCUT2D eigenvalue weighted by atomic mass is 16.1. The van der Waals surface area contributed by atoms with Gasteiger partial charge < -0.3 is 9.47 Å². The topological polar surface area (TPSA) is 28.5 Å². The number of hydrogen-bond acceptors (Lipinski definition) is 3. The maximum absolute atomic E-state index is 12.4. The maximum atomic E-state index is 12.4. The van der Waals surface area contributed by atoms with Crippen molar-refractivity contribution in [1.82, 2.24) is 14.4 Å². The average Bonchev–Trinajstić information content (AvgIpc) is 2.90. The minimum Gasteiger partial charge on any atom is -0.351 e. The van der Waals surface area contributed by atoms with Crippen molar-refractivity contribution in [2.45, 2.75) is 26.3 Å². The van der Waals surface area contributed by atoms with Crippen LogP contribution in [0, 0.1) is 13.8 Å². The van der Waals surface area contributed by atoms with Crippen molar-refractivity contribution in [1.29, 1.82) is 0 Å². The molecule has 1 unspecified atom stereocenters. The van der Waals surface area contributed by atoms with Crippen molar-refractivity contribution in [3.63, 3.8) is 0 Å². The number of carbonyl (C=O) groups excluding carboxylic acids is 1. The van der Waals surface area contributed by atoms with Crippen LogP contribution in [0.25, 0.3) is 0 Å². The van der Waals surface area contributed by atoms with E-state index in [9.17, 15) is 4.79 Å². The summed E-state index contributed by atoms with van der Waals surface area (Å²) in [4.78, 5) is 16.9. The fraction of sp³-hybridized carbons (Fsp3) is 0.667. The van der Waals surface area contributed by atoms with Gasteiger partial charge in [0.1, 0.15) is 0 Å². The Hall–Kier alpha value is -1.13. The predicted octanol–water partition coefficient (Wildman–Crippen LogP) is 1.46. The first kappa shape index (κ1) is 14.3. The Bertz CT molecular complexity index is 476. The van der Waals surface area contributed by atoms with Crippen molar-refractivity contribution < 1.29 is 4.79 Å². The molecule has 1 saturated heterocycles. The first-order valence-corrected chi connectivity index (χ1v) is 6.95. The molecule has 1 aliphatic rings. The van der Waals surface area contributed by atoms with Gasteiger partial charge in [-0.2, -0.15) is 0 Å². The van der Waals surface area contributed by atoms with Gasteiger partial charge in [-0.1, -0.05) is 0 Å². The van der Waals surface area contributed by atoms with E-state index < -0.39 is 0 Å². The van der Waals surface area contributed by atoms with E-state index in [0.29, 0.717) is 12.6 Å². The Balaban J connectivity index is 2.00. The van der Waals surface area contributed by atoms with E-state index in [2.05, 4.69) is 28.5 Å². The van der Waals surface area contributed by atoms with Gasteiger partial charge in [0.15, 0.2) is 5.78 Å². The van der Waals surface area contributed by atoms with E-state index in [1.807, 2.05) is 27.0 Å². The fourth-order valence-corrected chi connectivity index (χ4v) is 2.80. The first-order chi connectivity index (χ1) is 8.90. The van der Waals surface area contributed by atoms with Crippen LogP contribution in [0.1, 0.15) is 28.2 Å². The normalized spacial score (nSPS) is 20.4. The number of aromatic nitrogens is 1. The van der Waals surface area contributed by atoms with Crippen molar-refractivity contribution in [3.8, 4) is 0 Å². The molecule has 1 aliphatic heterocycles. The zero-order valence-corrected chi connectivity index (χ0v) is 12.7. The Morgan fingerprint density at radius 3 is 2.58 bits per heavy atom. The molecule has 0 N–H and O–H groups in total. The molecule has 0 spiro atoms. The van der Waals surface area contributed by atoms with Gasteiger partial charge in [0, 0.05) is 43.1 Å². The van der Waals surface area contributed by atoms with E-state index in [4.69, 9.17) is 0 Å². The second kappa shape index (κ2) is 5.47. The number of likely N-dealkylation sites (tertiary alicyclic amines) is 1. The largest absolute Gasteiger partial charge is 0.351 e. The minimum atomic E-state index is 0.251. The average molecular weight is 263 g/mol. The molecule has 0 aromatic carbocycles. The van der Waals surface area contributed by atoms with Gasteiger partial charge in [0.05, 0.1) is 6.54 Å². The van der Waals surface area contributed by atoms with Gasteiger partial charge >= 0.3 is 0 Å². The lowest BCUT2D eigenvalue weighted by atomic mass is 10.1. The number of ketones is 1. The summed E-state index contributed by atoms with van der Waals surface area (Å²) in [5.74, 6) is 0.251. The molecule has 0 amide bonds. The number of likely N-dealkylation sites (N-methyl/N-ethyl adjacent to an activating group) is 1. The fourth-order valence-electron chi connectivity index (χ4n) is 2.80. The highest BCUT2D eigenvalue weighted by Gasteiger charge is 2.26. The highest BCUT2D eigenvalue weighted by Crippen LogP contribution is 2.17. The lowest BCUT2D eigenvalue weighted by molar-refractivity contribution is 0.0941. The van der Waals surface area contributed by atoms with Gasteiger partial charge in [-0.3, -0.25) is 9.69 Å². The monoisotopic (exact) mass is 263 g/mol. The smallest absolute Gasteiger partial charge is 0.178 e. The predicted molar refractivity (Wildman–Crippen MR) is 77.7 cm³/mol. The summed E-state index contributed by atoms with van der Waals surface area (Å²) in [5.41, 5.74) is 3.10. The van der Waals surface area contributed by atoms with Crippen molar-refractivity contribution in [2.75, 3.05) is 33.7 Å². The van der Waals surface area contributed by atoms with Crippen LogP contribution in [0.4, 0.5) is 0 Å². The lowest BCUT2D eigenvalue weighted by Crippen LogP contribution is -2.33. The number of carbonyl (C=O) groups is 1. The van der Waals surface area contributed by atoms with E-state index in [-0.39, 0.29) is 5.78 Å². The number of rotatable bonds is 4. The third-order valence-corrected chi connectivity index (χ3v) is 4.42. The molecule has 0 radical (unpaired) electrons. The van der Waals surface area contributed by atoms with Crippen LogP contribution < -0.4 is 0 Å². The summed E-state index contributed by atoms with van der Waals surface area (Å²) >= 11 is 0. The van der Waals surface area contributed by atoms with Gasteiger partial charge in [-0.15, -0.1) is 0 Å². The third-order valence-electron chi connectivity index (χ3n) is 4.42. The summed E-state index contributed by atoms with van der Waals surface area (Å²) in [5, 5.41) is 0. The Kier molecular flexibility index (Phi) is 4.11. The molecule has 2 rings (SSSR count). The van der Waals surface area contributed by atoms with Crippen molar-refractivity contribution >= 4 is 5.78 Å². The molecule has 106 valence electrons. The molecule has 1 atom stereocenters. The number of Topliss-reactive ketones (excluding diaryl/α,β-unsaturated/α-hetero) is 1. The summed E-state index contributed by atoms with van der Waals surface area (Å²) in [6.07, 6.45) is 1.16. The summed E-state index contributed by atoms with van der Waals surface area (Å²) in [6.45, 7) is 6.65. The van der Waals surface area contributed by atoms with Crippen molar-refractivity contribution in [2.24, 2.45) is 7.05 Å². The Morgan fingerprint density at radius 1 is 1.42 bits per heavy atom. The lowest BCUT2D eigenvalue weighted by Gasteiger charge is -2.19. The zero-order valence-electron chi connectivity index (χ0n) is 12.7. The second-order valence-corrected chi connectivity index (χ2v) is 5.91. The molecule has 0 bridgehead atoms. The van der Waals surface area contributed by atoms with Crippen LogP contribution in [0.2, 0.25) is 0 Å². The molecule has 4 heteroatoms. The van der Waals surface area contributed by atoms with Crippen LogP contribution in [-0.4, -0.2) is 59.9 Å². The van der Waals surface area contributed by atoms with Gasteiger partial charge in [-0.25, -0.2) is 0 Å². The van der Waals surface area contributed by atoms with E-state index in [1.165, 1.54) is 0 Å². The van der Waals surface area contributed by atoms with E-state index in [1.54, 1.807) is 0 Å². The molecule has 1 aromatic rings. The van der Waals surface area contributed by atoms with Gasteiger partial charge in [-0.05, 0) is 40.4 Å². The standard InChI is InChI=1S/C15H25N3O/c1-11-8-14(12(2)17(11)5)15(19)10-18-7-6-13(9-18)16(3)4/h8,13H,6-7,9-10H2,1-5H3. The molecule has 4 nitrogen and oxygen atoms in total. The maximum Gasteiger partial charge on any atom is 0.178 e. The second-order valence-electron chi connectivity index (χ2n) is 5.91. The SMILES string of the molecule is Cc1cc(C(=O)CN2CCC(N(C)C)C2)c(C)n1C. The number of hydrogen-bond donors (Lipinski definition) is 0. The third kappa shape index (κ3) is 2.90. The molecular weight excluding hydrogens is 238 g/mol. The molecule has 1 aromatic heterocycles. The van der Waals surface area contributed by atoms with Crippen LogP contribution >= 0.6 is 0 Å². The highest BCUT2D eigenvalue weighted by molar-refractivity contribution is 5.99. The molecule has 0 saturated carbocycles. The first-order valence-electron chi connectivity index (χ1n) is 6.95. The Labute approximate surface area is 116 Å². The van der Waals surface area contributed by atoms with Crippen LogP contribution in [0.15, 0.2) is 6.07 Å². The van der Waals surface area contributed by atoms with Gasteiger partial charge in [0.2, 0.25) is 0 Å². The molecule has 19 heavy (non-hydrogen) atoms. The van der Waals surface area contributed by atoms with Crippen molar-refractivity contribution in [3.05, 3.63) is 23.0 Å². The quantitative estimate of drug-likeness (QED) is 0.770. The molecule has 0 aliphatic carbocycles. The van der Waals surface area contributed by atoms with E-state index in [0.717, 1.165) is 36.5 Å². The van der Waals surface area contributed by atoms with Crippen LogP contribution in [-0.2, 0) is 7.05 Å². The summed E-state index contributed by atoms with van der Waals surface area (Å²) < 4.78 is 2.08. The molecule has 2 heterocycles. The summed E-state index contributed by atoms with van der Waals surface area (Å²) in [7, 11) is 6.24. The molecular formula is C15H25N3O. The van der Waals surface area contributed by atoms with E-state index >= 15 is 0 Å². The minimum absolute atomic E-state index is 0.251. The number of aryl methyl sites for hydroxylation is 1.